The summed E-state index contributed by atoms with van der Waals surface area (Å²) in [5.74, 6) is 1.51. The number of anilines is 1. The number of methoxy groups -OCH3 is 1. The first-order valence-corrected chi connectivity index (χ1v) is 10.2. The van der Waals surface area contributed by atoms with Crippen LogP contribution in [-0.2, 0) is 22.6 Å². The number of ether oxygens (including phenoxy) is 2. The van der Waals surface area contributed by atoms with Crippen molar-refractivity contribution in [2.24, 2.45) is 5.92 Å². The summed E-state index contributed by atoms with van der Waals surface area (Å²) < 4.78 is 11.1. The lowest BCUT2D eigenvalue weighted by molar-refractivity contribution is 0.0243. The van der Waals surface area contributed by atoms with E-state index in [-0.39, 0.29) is 6.09 Å². The minimum absolute atomic E-state index is 0.216. The van der Waals surface area contributed by atoms with Crippen LogP contribution in [0.3, 0.4) is 0 Å². The molecule has 1 amide bonds. The molecule has 148 valence electrons. The van der Waals surface area contributed by atoms with Gasteiger partial charge in [-0.2, -0.15) is 0 Å². The van der Waals surface area contributed by atoms with Gasteiger partial charge in [0.1, 0.15) is 5.60 Å². The monoisotopic (exact) mass is 372 g/mol. The Bertz CT molecular complexity index is 721. The minimum atomic E-state index is -0.472. The van der Waals surface area contributed by atoms with Crippen LogP contribution in [0.4, 0.5) is 10.5 Å². The van der Waals surface area contributed by atoms with E-state index in [2.05, 4.69) is 17.0 Å². The highest BCUT2D eigenvalue weighted by molar-refractivity contribution is 5.71. The number of nitrogens with zero attached hydrogens (tertiary/aromatic N) is 2. The SMILES string of the molecule is COCc1cc2c3c(c1)C(C1CC1)CCN3CCN(C(=O)OC(C)(C)C)C2. The van der Waals surface area contributed by atoms with Crippen LogP contribution in [0.5, 0.6) is 0 Å². The van der Waals surface area contributed by atoms with Gasteiger partial charge in [-0.1, -0.05) is 6.07 Å². The summed E-state index contributed by atoms with van der Waals surface area (Å²) in [6.07, 6.45) is 3.72. The zero-order chi connectivity index (χ0) is 19.2. The molecule has 0 N–H and O–H groups in total. The van der Waals surface area contributed by atoms with Crippen LogP contribution in [0, 0.1) is 5.92 Å². The summed E-state index contributed by atoms with van der Waals surface area (Å²) in [7, 11) is 1.74. The van der Waals surface area contributed by atoms with Crippen LogP contribution < -0.4 is 4.90 Å². The van der Waals surface area contributed by atoms with Gasteiger partial charge in [0, 0.05) is 32.4 Å². The molecule has 5 heteroatoms. The number of benzene rings is 1. The molecule has 2 heterocycles. The van der Waals surface area contributed by atoms with E-state index in [9.17, 15) is 4.79 Å². The Hall–Kier alpha value is -1.75. The molecule has 0 spiro atoms. The zero-order valence-corrected chi connectivity index (χ0v) is 17.1. The average Bonchev–Trinajstić information content (AvgIpc) is 3.41. The molecule has 5 nitrogen and oxygen atoms in total. The lowest BCUT2D eigenvalue weighted by Crippen LogP contribution is -2.40. The Balaban J connectivity index is 1.69. The van der Waals surface area contributed by atoms with Gasteiger partial charge < -0.3 is 19.3 Å². The molecule has 1 saturated carbocycles. The first-order chi connectivity index (χ1) is 12.9. The molecule has 27 heavy (non-hydrogen) atoms. The highest BCUT2D eigenvalue weighted by Crippen LogP contribution is 2.51. The smallest absolute Gasteiger partial charge is 0.410 e. The first-order valence-electron chi connectivity index (χ1n) is 10.2. The Labute approximate surface area is 162 Å². The van der Waals surface area contributed by atoms with E-state index in [4.69, 9.17) is 9.47 Å². The summed E-state index contributed by atoms with van der Waals surface area (Å²) in [6.45, 7) is 9.67. The molecule has 2 aliphatic heterocycles. The molecule has 0 radical (unpaired) electrons. The Morgan fingerprint density at radius 2 is 1.93 bits per heavy atom. The van der Waals surface area contributed by atoms with E-state index < -0.39 is 5.60 Å². The van der Waals surface area contributed by atoms with E-state index in [1.165, 1.54) is 41.6 Å². The lowest BCUT2D eigenvalue weighted by Gasteiger charge is -2.36. The zero-order valence-electron chi connectivity index (χ0n) is 17.1. The van der Waals surface area contributed by atoms with E-state index in [1.807, 2.05) is 25.7 Å². The van der Waals surface area contributed by atoms with Crippen LogP contribution in [0.1, 0.15) is 62.6 Å². The maximum atomic E-state index is 12.7. The topological polar surface area (TPSA) is 42.0 Å². The molecule has 1 aliphatic carbocycles. The van der Waals surface area contributed by atoms with Crippen molar-refractivity contribution in [2.75, 3.05) is 31.6 Å². The molecule has 3 aliphatic rings. The summed E-state index contributed by atoms with van der Waals surface area (Å²) in [5, 5.41) is 0. The van der Waals surface area contributed by atoms with Crippen LogP contribution in [0.2, 0.25) is 0 Å². The number of carbonyl (C=O) groups excluding carboxylic acids is 1. The Morgan fingerprint density at radius 3 is 2.59 bits per heavy atom. The van der Waals surface area contributed by atoms with Crippen molar-refractivity contribution in [3.05, 3.63) is 28.8 Å². The van der Waals surface area contributed by atoms with Gasteiger partial charge in [0.05, 0.1) is 13.2 Å². The molecule has 0 aromatic heterocycles. The maximum absolute atomic E-state index is 12.7. The molecule has 0 bridgehead atoms. The molecule has 1 unspecified atom stereocenters. The Morgan fingerprint density at radius 1 is 1.15 bits per heavy atom. The second kappa shape index (κ2) is 7.01. The van der Waals surface area contributed by atoms with Crippen LogP contribution in [0.25, 0.3) is 0 Å². The van der Waals surface area contributed by atoms with Gasteiger partial charge in [0.2, 0.25) is 0 Å². The van der Waals surface area contributed by atoms with Crippen LogP contribution in [-0.4, -0.2) is 43.3 Å². The average molecular weight is 373 g/mol. The van der Waals surface area contributed by atoms with Crippen molar-refractivity contribution in [3.63, 3.8) is 0 Å². The van der Waals surface area contributed by atoms with Gasteiger partial charge in [-0.05, 0) is 74.6 Å². The third-order valence-electron chi connectivity index (χ3n) is 5.86. The molecule has 0 saturated heterocycles. The molecule has 1 aromatic carbocycles. The van der Waals surface area contributed by atoms with Crippen molar-refractivity contribution >= 4 is 11.8 Å². The summed E-state index contributed by atoms with van der Waals surface area (Å²) in [4.78, 5) is 17.1. The molecular formula is C22H32N2O3. The number of hydrogen-bond acceptors (Lipinski definition) is 4. The standard InChI is InChI=1S/C22H32N2O3/c1-22(2,3)27-21(25)24-10-9-23-8-7-18(16-5-6-16)19-12-15(14-26-4)11-17(13-24)20(19)23/h11-12,16,18H,5-10,13-14H2,1-4H3. The van der Waals surface area contributed by atoms with E-state index in [1.54, 1.807) is 7.11 Å². The number of rotatable bonds is 3. The van der Waals surface area contributed by atoms with Crippen molar-refractivity contribution in [1.82, 2.24) is 4.90 Å². The highest BCUT2D eigenvalue weighted by Gasteiger charge is 2.39. The second-order valence-corrected chi connectivity index (χ2v) is 9.25. The predicted molar refractivity (Wildman–Crippen MR) is 106 cm³/mol. The highest BCUT2D eigenvalue weighted by atomic mass is 16.6. The van der Waals surface area contributed by atoms with E-state index in [0.717, 1.165) is 19.0 Å². The number of hydrogen-bond donors (Lipinski definition) is 0. The summed E-state index contributed by atoms with van der Waals surface area (Å²) in [5.41, 5.74) is 4.85. The van der Waals surface area contributed by atoms with Crippen molar-refractivity contribution < 1.29 is 14.3 Å². The second-order valence-electron chi connectivity index (χ2n) is 9.25. The van der Waals surface area contributed by atoms with Crippen molar-refractivity contribution in [3.8, 4) is 0 Å². The Kier molecular flexibility index (Phi) is 4.83. The largest absolute Gasteiger partial charge is 0.444 e. The van der Waals surface area contributed by atoms with Crippen molar-refractivity contribution in [2.45, 2.75) is 64.7 Å². The van der Waals surface area contributed by atoms with Gasteiger partial charge in [0.25, 0.3) is 0 Å². The van der Waals surface area contributed by atoms with E-state index >= 15 is 0 Å². The minimum Gasteiger partial charge on any atom is -0.444 e. The number of amides is 1. The molecular weight excluding hydrogens is 340 g/mol. The molecule has 4 rings (SSSR count). The van der Waals surface area contributed by atoms with Gasteiger partial charge in [-0.15, -0.1) is 0 Å². The van der Waals surface area contributed by atoms with Crippen molar-refractivity contribution in [1.29, 1.82) is 0 Å². The predicted octanol–water partition coefficient (Wildman–Crippen LogP) is 4.29. The van der Waals surface area contributed by atoms with Gasteiger partial charge >= 0.3 is 6.09 Å². The summed E-state index contributed by atoms with van der Waals surface area (Å²) in [6, 6.07) is 4.59. The third kappa shape index (κ3) is 3.93. The third-order valence-corrected chi connectivity index (χ3v) is 5.86. The van der Waals surface area contributed by atoms with Crippen LogP contribution in [0.15, 0.2) is 12.1 Å². The molecule has 1 atom stereocenters. The molecule has 1 fully saturated rings. The fourth-order valence-electron chi connectivity index (χ4n) is 4.61. The fourth-order valence-corrected chi connectivity index (χ4v) is 4.61. The van der Waals surface area contributed by atoms with Gasteiger partial charge in [-0.25, -0.2) is 4.79 Å². The lowest BCUT2D eigenvalue weighted by atomic mass is 9.83. The molecule has 1 aromatic rings. The quantitative estimate of drug-likeness (QED) is 0.794. The number of carbonyl (C=O) groups is 1. The van der Waals surface area contributed by atoms with Gasteiger partial charge in [0.15, 0.2) is 0 Å². The first kappa shape index (κ1) is 18.6. The summed E-state index contributed by atoms with van der Waals surface area (Å²) >= 11 is 0. The normalized spacial score (nSPS) is 22.3. The van der Waals surface area contributed by atoms with Gasteiger partial charge in [-0.3, -0.25) is 0 Å². The van der Waals surface area contributed by atoms with E-state index in [0.29, 0.717) is 25.6 Å². The maximum Gasteiger partial charge on any atom is 0.410 e. The van der Waals surface area contributed by atoms with Crippen LogP contribution >= 0.6 is 0 Å². The fraction of sp³-hybridized carbons (Fsp3) is 0.682.